The lowest BCUT2D eigenvalue weighted by Gasteiger charge is -2.27. The molecule has 0 aliphatic carbocycles. The number of nitrogens with one attached hydrogen (secondary N) is 1. The van der Waals surface area contributed by atoms with E-state index in [1.807, 2.05) is 94.4 Å². The Hall–Kier alpha value is -3.68. The molecule has 7 nitrogen and oxygen atoms in total. The minimum atomic E-state index is -1.04. The molecule has 0 bridgehead atoms. The number of anilines is 1. The number of aliphatic hydroxyl groups excluding tert-OH is 1. The topological polar surface area (TPSA) is 88.1 Å². The predicted molar refractivity (Wildman–Crippen MR) is 150 cm³/mol. The molecule has 0 aliphatic rings. The molecule has 7 heteroatoms. The van der Waals surface area contributed by atoms with Gasteiger partial charge in [0.05, 0.1) is 12.7 Å². The van der Waals surface area contributed by atoms with Gasteiger partial charge in [0.2, 0.25) is 0 Å². The van der Waals surface area contributed by atoms with Gasteiger partial charge < -0.3 is 24.8 Å². The number of hydrogen-bond donors (Lipinski definition) is 2. The number of methoxy groups -OCH3 is 1. The lowest BCUT2D eigenvalue weighted by Crippen LogP contribution is -2.46. The first-order valence-corrected chi connectivity index (χ1v) is 12.7. The van der Waals surface area contributed by atoms with E-state index in [9.17, 15) is 14.7 Å². The molecule has 3 aromatic carbocycles. The molecule has 0 aromatic heterocycles. The van der Waals surface area contributed by atoms with Crippen molar-refractivity contribution in [2.75, 3.05) is 32.6 Å². The van der Waals surface area contributed by atoms with Crippen molar-refractivity contribution in [2.45, 2.75) is 44.9 Å². The summed E-state index contributed by atoms with van der Waals surface area (Å²) in [5.41, 5.74) is 4.50. The number of benzene rings is 3. The summed E-state index contributed by atoms with van der Waals surface area (Å²) in [5, 5.41) is 14.2. The number of nitrogens with zero attached hydrogens (tertiary/aromatic N) is 1. The Morgan fingerprint density at radius 1 is 0.974 bits per heavy atom. The molecular weight excluding hydrogens is 480 g/mol. The molecule has 0 fully saturated rings. The Morgan fingerprint density at radius 3 is 2.21 bits per heavy atom. The predicted octanol–water partition coefficient (Wildman–Crippen LogP) is 4.78. The van der Waals surface area contributed by atoms with Crippen molar-refractivity contribution in [3.63, 3.8) is 0 Å². The molecule has 3 aromatic rings. The van der Waals surface area contributed by atoms with Crippen LogP contribution >= 0.6 is 0 Å². The van der Waals surface area contributed by atoms with Gasteiger partial charge in [-0.05, 0) is 56.0 Å². The minimum absolute atomic E-state index is 0.371. The molecule has 0 saturated carbocycles. The molecule has 2 N–H and O–H groups in total. The molecule has 1 unspecified atom stereocenters. The molecule has 38 heavy (non-hydrogen) atoms. The summed E-state index contributed by atoms with van der Waals surface area (Å²) >= 11 is 0. The summed E-state index contributed by atoms with van der Waals surface area (Å²) < 4.78 is 10.4. The molecule has 2 atom stereocenters. The van der Waals surface area contributed by atoms with Crippen LogP contribution < -0.4 is 10.2 Å². The Kier molecular flexibility index (Phi) is 9.66. The molecule has 0 heterocycles. The molecule has 0 saturated heterocycles. The van der Waals surface area contributed by atoms with E-state index in [4.69, 9.17) is 9.47 Å². The van der Waals surface area contributed by atoms with Gasteiger partial charge in [-0.15, -0.1) is 0 Å². The molecular formula is C31H38N2O5. The summed E-state index contributed by atoms with van der Waals surface area (Å²) in [5.74, 6) is -0.861. The van der Waals surface area contributed by atoms with Gasteiger partial charge in [0.25, 0.3) is 0 Å². The Bertz CT molecular complexity index is 1220. The van der Waals surface area contributed by atoms with Gasteiger partial charge in [0.1, 0.15) is 17.7 Å². The van der Waals surface area contributed by atoms with E-state index >= 15 is 0 Å². The fraction of sp³-hybridized carbons (Fsp3) is 0.355. The highest BCUT2D eigenvalue weighted by Crippen LogP contribution is 2.31. The maximum absolute atomic E-state index is 12.9. The number of esters is 2. The van der Waals surface area contributed by atoms with Crippen molar-refractivity contribution in [3.05, 3.63) is 89.5 Å². The zero-order valence-corrected chi connectivity index (χ0v) is 23.0. The maximum Gasteiger partial charge on any atom is 0.337 e. The normalized spacial score (nSPS) is 12.9. The number of rotatable bonds is 10. The Morgan fingerprint density at radius 2 is 1.63 bits per heavy atom. The van der Waals surface area contributed by atoms with Crippen molar-refractivity contribution >= 4 is 17.6 Å². The lowest BCUT2D eigenvalue weighted by atomic mass is 9.98. The molecule has 202 valence electrons. The van der Waals surface area contributed by atoms with Crippen molar-refractivity contribution in [3.8, 4) is 11.1 Å². The average Bonchev–Trinajstić information content (AvgIpc) is 2.89. The number of carbonyl (C=O) groups is 2. The maximum atomic E-state index is 12.9. The van der Waals surface area contributed by atoms with Crippen LogP contribution in [0.15, 0.2) is 72.8 Å². The van der Waals surface area contributed by atoms with E-state index in [0.717, 1.165) is 22.4 Å². The first kappa shape index (κ1) is 28.9. The van der Waals surface area contributed by atoms with E-state index in [1.54, 1.807) is 18.2 Å². The van der Waals surface area contributed by atoms with Crippen molar-refractivity contribution in [2.24, 2.45) is 0 Å². The molecule has 0 amide bonds. The fourth-order valence-corrected chi connectivity index (χ4v) is 4.15. The second-order valence-electron chi connectivity index (χ2n) is 10.4. The summed E-state index contributed by atoms with van der Waals surface area (Å²) in [6, 6.07) is 21.9. The van der Waals surface area contributed by atoms with E-state index in [-0.39, 0.29) is 5.97 Å². The number of hydrogen-bond acceptors (Lipinski definition) is 7. The van der Waals surface area contributed by atoms with Gasteiger partial charge in [0.15, 0.2) is 0 Å². The van der Waals surface area contributed by atoms with Crippen LogP contribution in [0.4, 0.5) is 5.69 Å². The second kappa shape index (κ2) is 12.7. The zero-order chi connectivity index (χ0) is 27.9. The van der Waals surface area contributed by atoms with Gasteiger partial charge in [-0.2, -0.15) is 0 Å². The average molecular weight is 519 g/mol. The smallest absolute Gasteiger partial charge is 0.337 e. The highest BCUT2D eigenvalue weighted by atomic mass is 16.6. The largest absolute Gasteiger partial charge is 0.465 e. The number of aliphatic hydroxyl groups is 1. The highest BCUT2D eigenvalue weighted by molar-refractivity contribution is 5.93. The summed E-state index contributed by atoms with van der Waals surface area (Å²) in [7, 11) is 5.24. The monoisotopic (exact) mass is 518 g/mol. The van der Waals surface area contributed by atoms with E-state index in [0.29, 0.717) is 24.1 Å². The van der Waals surface area contributed by atoms with Gasteiger partial charge in [-0.25, -0.2) is 4.79 Å². The van der Waals surface area contributed by atoms with Crippen LogP contribution in [0.25, 0.3) is 11.1 Å². The SMILES string of the molecule is COC(=O)c1ccc(-c2ccc(CCNC(C(=O)OC(C)(C)C)[C@H](O)c3ccccc3)cc2)c(N(C)C)c1. The first-order valence-electron chi connectivity index (χ1n) is 12.7. The van der Waals surface area contributed by atoms with Crippen molar-refractivity contribution < 1.29 is 24.2 Å². The van der Waals surface area contributed by atoms with Crippen LogP contribution in [0.2, 0.25) is 0 Å². The van der Waals surface area contributed by atoms with Gasteiger partial charge >= 0.3 is 11.9 Å². The van der Waals surface area contributed by atoms with Crippen LogP contribution in [-0.4, -0.2) is 56.4 Å². The first-order chi connectivity index (χ1) is 18.0. The van der Waals surface area contributed by atoms with Gasteiger partial charge in [-0.1, -0.05) is 60.7 Å². The lowest BCUT2D eigenvalue weighted by molar-refractivity contribution is -0.160. The molecule has 3 rings (SSSR count). The molecule has 0 spiro atoms. The zero-order valence-electron chi connectivity index (χ0n) is 23.0. The van der Waals surface area contributed by atoms with Crippen LogP contribution in [0, 0.1) is 0 Å². The van der Waals surface area contributed by atoms with E-state index in [1.165, 1.54) is 7.11 Å². The minimum Gasteiger partial charge on any atom is -0.465 e. The highest BCUT2D eigenvalue weighted by Gasteiger charge is 2.31. The third-order valence-corrected chi connectivity index (χ3v) is 6.06. The summed E-state index contributed by atoms with van der Waals surface area (Å²) in [6.45, 7) is 5.90. The number of ether oxygens (including phenoxy) is 2. The summed E-state index contributed by atoms with van der Waals surface area (Å²) in [6.07, 6.45) is -0.381. The Labute approximate surface area is 225 Å². The van der Waals surface area contributed by atoms with Gasteiger partial charge in [0, 0.05) is 31.9 Å². The van der Waals surface area contributed by atoms with Gasteiger partial charge in [-0.3, -0.25) is 4.79 Å². The standard InChI is InChI=1S/C31H38N2O5/c1-31(2,3)38-30(36)27(28(34)23-10-8-7-9-11-23)32-19-18-21-12-14-22(15-13-21)25-17-16-24(29(35)37-6)20-26(25)33(4)5/h7-17,20,27-28,32,34H,18-19H2,1-6H3/t27?,28-/m1/s1. The number of carbonyl (C=O) groups excluding carboxylic acids is 2. The second-order valence-corrected chi connectivity index (χ2v) is 10.4. The van der Waals surface area contributed by atoms with Crippen LogP contribution in [0.5, 0.6) is 0 Å². The quantitative estimate of drug-likeness (QED) is 0.374. The summed E-state index contributed by atoms with van der Waals surface area (Å²) in [4.78, 5) is 26.8. The van der Waals surface area contributed by atoms with Crippen molar-refractivity contribution in [1.82, 2.24) is 5.32 Å². The third kappa shape index (κ3) is 7.66. The molecule has 0 aliphatic heterocycles. The van der Waals surface area contributed by atoms with Crippen LogP contribution in [0.1, 0.15) is 48.4 Å². The fourth-order valence-electron chi connectivity index (χ4n) is 4.15. The Balaban J connectivity index is 1.72. The molecule has 0 radical (unpaired) electrons. The third-order valence-electron chi connectivity index (χ3n) is 6.06. The van der Waals surface area contributed by atoms with Crippen LogP contribution in [0.3, 0.4) is 0 Å². The van der Waals surface area contributed by atoms with Crippen molar-refractivity contribution in [1.29, 1.82) is 0 Å². The van der Waals surface area contributed by atoms with E-state index < -0.39 is 23.7 Å². The van der Waals surface area contributed by atoms with Crippen LogP contribution in [-0.2, 0) is 20.7 Å². The van der Waals surface area contributed by atoms with E-state index in [2.05, 4.69) is 5.32 Å².